The molecule has 4 rings (SSSR count). The summed E-state index contributed by atoms with van der Waals surface area (Å²) in [5.74, 6) is 3.15. The van der Waals surface area contributed by atoms with Gasteiger partial charge in [-0.25, -0.2) is 0 Å². The molecule has 23 heavy (non-hydrogen) atoms. The van der Waals surface area contributed by atoms with E-state index in [9.17, 15) is 4.79 Å². The Bertz CT molecular complexity index is 534. The highest BCUT2D eigenvalue weighted by atomic mass is 16.5. The molecule has 0 aromatic rings. The molecular formula is C21H32O2. The summed E-state index contributed by atoms with van der Waals surface area (Å²) in [5.41, 5.74) is 3.95. The van der Waals surface area contributed by atoms with Gasteiger partial charge in [-0.15, -0.1) is 0 Å². The van der Waals surface area contributed by atoms with E-state index >= 15 is 0 Å². The molecule has 0 radical (unpaired) electrons. The van der Waals surface area contributed by atoms with E-state index in [1.165, 1.54) is 51.4 Å². The Morgan fingerprint density at radius 3 is 2.65 bits per heavy atom. The quantitative estimate of drug-likeness (QED) is 0.676. The molecule has 6 atom stereocenters. The van der Waals surface area contributed by atoms with Gasteiger partial charge in [0.25, 0.3) is 0 Å². The minimum absolute atomic E-state index is 0.289. The van der Waals surface area contributed by atoms with Gasteiger partial charge < -0.3 is 4.74 Å². The number of carbonyl (C=O) groups is 1. The first-order valence-electron chi connectivity index (χ1n) is 9.79. The first-order chi connectivity index (χ1) is 11.0. The molecule has 3 fully saturated rings. The largest absolute Gasteiger partial charge is 0.381 e. The van der Waals surface area contributed by atoms with E-state index in [-0.39, 0.29) is 5.41 Å². The maximum absolute atomic E-state index is 12.1. The van der Waals surface area contributed by atoms with E-state index in [0.29, 0.717) is 17.8 Å². The molecule has 2 unspecified atom stereocenters. The van der Waals surface area contributed by atoms with Crippen molar-refractivity contribution in [2.75, 3.05) is 7.11 Å². The highest BCUT2D eigenvalue weighted by Gasteiger charge is 2.55. The lowest BCUT2D eigenvalue weighted by molar-refractivity contribution is -0.125. The van der Waals surface area contributed by atoms with Crippen LogP contribution < -0.4 is 0 Å². The van der Waals surface area contributed by atoms with Crippen molar-refractivity contribution in [2.45, 2.75) is 77.7 Å². The van der Waals surface area contributed by atoms with Crippen molar-refractivity contribution in [3.05, 3.63) is 11.1 Å². The van der Waals surface area contributed by atoms with Crippen LogP contribution in [0, 0.1) is 29.1 Å². The minimum atomic E-state index is 0.289. The number of methoxy groups -OCH3 is 1. The van der Waals surface area contributed by atoms with Crippen molar-refractivity contribution in [3.8, 4) is 0 Å². The molecule has 0 aromatic heterocycles. The zero-order chi connectivity index (χ0) is 16.2. The molecule has 128 valence electrons. The highest BCUT2D eigenvalue weighted by Crippen LogP contribution is 2.62. The third-order valence-electron chi connectivity index (χ3n) is 8.11. The van der Waals surface area contributed by atoms with Gasteiger partial charge >= 0.3 is 0 Å². The fourth-order valence-corrected chi connectivity index (χ4v) is 6.97. The van der Waals surface area contributed by atoms with Gasteiger partial charge in [-0.1, -0.05) is 18.1 Å². The Kier molecular flexibility index (Phi) is 3.95. The summed E-state index contributed by atoms with van der Waals surface area (Å²) in [6, 6.07) is 0. The van der Waals surface area contributed by atoms with Crippen molar-refractivity contribution in [1.29, 1.82) is 0 Å². The van der Waals surface area contributed by atoms with Crippen LogP contribution in [0.1, 0.15) is 71.6 Å². The lowest BCUT2D eigenvalue weighted by atomic mass is 9.54. The predicted molar refractivity (Wildman–Crippen MR) is 92.1 cm³/mol. The minimum Gasteiger partial charge on any atom is -0.381 e. The molecule has 0 bridgehead atoms. The van der Waals surface area contributed by atoms with Gasteiger partial charge in [0.15, 0.2) is 0 Å². The Labute approximate surface area is 141 Å². The number of fused-ring (bicyclic) bond motifs is 4. The number of rotatable bonds is 2. The van der Waals surface area contributed by atoms with E-state index in [2.05, 4.69) is 6.92 Å². The summed E-state index contributed by atoms with van der Waals surface area (Å²) in [4.78, 5) is 12.1. The smallest absolute Gasteiger partial charge is 0.133 e. The summed E-state index contributed by atoms with van der Waals surface area (Å²) >= 11 is 0. The monoisotopic (exact) mass is 316 g/mol. The summed E-state index contributed by atoms with van der Waals surface area (Å²) in [7, 11) is 1.88. The van der Waals surface area contributed by atoms with Crippen LogP contribution in [0.3, 0.4) is 0 Å². The molecule has 3 saturated carbocycles. The van der Waals surface area contributed by atoms with E-state index < -0.39 is 0 Å². The van der Waals surface area contributed by atoms with Crippen LogP contribution in [-0.4, -0.2) is 19.0 Å². The summed E-state index contributed by atoms with van der Waals surface area (Å²) < 4.78 is 5.64. The molecule has 2 nitrogen and oxygen atoms in total. The topological polar surface area (TPSA) is 26.3 Å². The van der Waals surface area contributed by atoms with Gasteiger partial charge in [-0.05, 0) is 87.9 Å². The Morgan fingerprint density at radius 1 is 1.09 bits per heavy atom. The summed E-state index contributed by atoms with van der Waals surface area (Å²) in [5, 5.41) is 0. The van der Waals surface area contributed by atoms with E-state index in [0.717, 1.165) is 24.2 Å². The Morgan fingerprint density at radius 2 is 1.91 bits per heavy atom. The first-order valence-corrected chi connectivity index (χ1v) is 9.79. The number of allylic oxidation sites excluding steroid dienone is 2. The van der Waals surface area contributed by atoms with Crippen LogP contribution in [0.25, 0.3) is 0 Å². The SMILES string of the molecule is COC1CCC2=C3CC[C@]4(C)[C@@H](C(C)=O)CC[C@H]4[C@@H]3CCC2C1. The predicted octanol–water partition coefficient (Wildman–Crippen LogP) is 4.92. The average Bonchev–Trinajstić information content (AvgIpc) is 2.91. The van der Waals surface area contributed by atoms with Crippen molar-refractivity contribution in [3.63, 3.8) is 0 Å². The highest BCUT2D eigenvalue weighted by molar-refractivity contribution is 5.79. The number of hydrogen-bond donors (Lipinski definition) is 0. The molecule has 0 aliphatic heterocycles. The van der Waals surface area contributed by atoms with Gasteiger partial charge in [-0.2, -0.15) is 0 Å². The second-order valence-corrected chi connectivity index (χ2v) is 8.92. The fourth-order valence-electron chi connectivity index (χ4n) is 6.97. The lowest BCUT2D eigenvalue weighted by Gasteiger charge is -2.50. The standard InChI is InChI=1S/C21H32O2/c1-13(22)19-8-9-20-18-6-4-14-12-15(23-3)5-7-16(14)17(18)10-11-21(19,20)2/h14-15,18-20H,4-12H2,1-3H3/t14?,15?,18-,19-,20+,21-/m1/s1. The molecule has 0 N–H and O–H groups in total. The number of ketones is 1. The Hall–Kier alpha value is -0.630. The average molecular weight is 316 g/mol. The molecule has 0 aromatic carbocycles. The van der Waals surface area contributed by atoms with Crippen LogP contribution in [0.4, 0.5) is 0 Å². The van der Waals surface area contributed by atoms with Gasteiger partial charge in [0, 0.05) is 13.0 Å². The van der Waals surface area contributed by atoms with Crippen molar-refractivity contribution in [2.24, 2.45) is 29.1 Å². The zero-order valence-corrected chi connectivity index (χ0v) is 15.1. The molecule has 2 heteroatoms. The lowest BCUT2D eigenvalue weighted by Crippen LogP contribution is -2.42. The maximum atomic E-state index is 12.1. The number of carbonyl (C=O) groups excluding carboxylic acids is 1. The summed E-state index contributed by atoms with van der Waals surface area (Å²) in [6.45, 7) is 4.27. The first kappa shape index (κ1) is 15.9. The van der Waals surface area contributed by atoms with Gasteiger partial charge in [0.1, 0.15) is 5.78 Å². The van der Waals surface area contributed by atoms with Crippen LogP contribution >= 0.6 is 0 Å². The number of ether oxygens (including phenoxy) is 1. The van der Waals surface area contributed by atoms with Crippen LogP contribution in [-0.2, 0) is 9.53 Å². The fraction of sp³-hybridized carbons (Fsp3) is 0.857. The van der Waals surface area contributed by atoms with E-state index in [4.69, 9.17) is 4.74 Å². The third kappa shape index (κ3) is 2.35. The number of Topliss-reactive ketones (excluding diaryl/α,β-unsaturated/α-hetero) is 1. The van der Waals surface area contributed by atoms with Gasteiger partial charge in [-0.3, -0.25) is 4.79 Å². The molecule has 0 amide bonds. The molecule has 0 heterocycles. The van der Waals surface area contributed by atoms with Crippen LogP contribution in [0.2, 0.25) is 0 Å². The van der Waals surface area contributed by atoms with Crippen molar-refractivity contribution in [1.82, 2.24) is 0 Å². The van der Waals surface area contributed by atoms with Crippen LogP contribution in [0.15, 0.2) is 11.1 Å². The molecule has 4 aliphatic rings. The summed E-state index contributed by atoms with van der Waals surface area (Å²) in [6.07, 6.45) is 11.9. The molecule has 4 aliphatic carbocycles. The van der Waals surface area contributed by atoms with Gasteiger partial charge in [0.05, 0.1) is 6.10 Å². The third-order valence-corrected chi connectivity index (χ3v) is 8.11. The van der Waals surface area contributed by atoms with Gasteiger partial charge in [0.2, 0.25) is 0 Å². The van der Waals surface area contributed by atoms with E-state index in [1.54, 1.807) is 0 Å². The van der Waals surface area contributed by atoms with Crippen molar-refractivity contribution >= 4 is 5.78 Å². The van der Waals surface area contributed by atoms with Crippen molar-refractivity contribution < 1.29 is 9.53 Å². The van der Waals surface area contributed by atoms with Crippen LogP contribution in [0.5, 0.6) is 0 Å². The normalized spacial score (nSPS) is 46.1. The molecule has 0 spiro atoms. The second-order valence-electron chi connectivity index (χ2n) is 8.92. The zero-order valence-electron chi connectivity index (χ0n) is 15.1. The molecule has 0 saturated heterocycles. The molecular weight excluding hydrogens is 284 g/mol. The second kappa shape index (κ2) is 5.72. The number of hydrogen-bond acceptors (Lipinski definition) is 2. The van der Waals surface area contributed by atoms with E-state index in [1.807, 2.05) is 25.2 Å². The maximum Gasteiger partial charge on any atom is 0.133 e. The Balaban J connectivity index is 1.62.